The minimum Gasteiger partial charge on any atom is -0.314 e. The lowest BCUT2D eigenvalue weighted by Crippen LogP contribution is -2.48. The molecule has 4 saturated carbocycles. The Morgan fingerprint density at radius 3 is 2.06 bits per heavy atom. The second-order valence-electron chi connectivity index (χ2n) is 20.6. The Balaban J connectivity index is 0.840. The summed E-state index contributed by atoms with van der Waals surface area (Å²) in [6.45, 7) is 4.97. The maximum Gasteiger partial charge on any atom is 0.145 e. The lowest BCUT2D eigenvalue weighted by Gasteiger charge is -2.57. The minimum atomic E-state index is -0.0281. The summed E-state index contributed by atoms with van der Waals surface area (Å²) >= 11 is 0. The molecule has 4 fully saturated rings. The van der Waals surface area contributed by atoms with Crippen LogP contribution in [0.1, 0.15) is 93.9 Å². The molecule has 63 heavy (non-hydrogen) atoms. The van der Waals surface area contributed by atoms with Gasteiger partial charge >= 0.3 is 0 Å². The van der Waals surface area contributed by atoms with E-state index in [-0.39, 0.29) is 5.41 Å². The molecule has 0 aliphatic heterocycles. The van der Waals surface area contributed by atoms with Gasteiger partial charge in [-0.15, -0.1) is 0 Å². The van der Waals surface area contributed by atoms with E-state index in [4.69, 9.17) is 4.98 Å². The summed E-state index contributed by atoms with van der Waals surface area (Å²) in [5.74, 6) is 3.26. The van der Waals surface area contributed by atoms with Crippen LogP contribution in [0.25, 0.3) is 49.9 Å². The number of aromatic nitrogens is 2. The van der Waals surface area contributed by atoms with E-state index in [0.29, 0.717) is 11.3 Å². The van der Waals surface area contributed by atoms with Crippen LogP contribution < -0.4 is 4.90 Å². The van der Waals surface area contributed by atoms with E-state index in [9.17, 15) is 0 Å². The number of rotatable bonds is 7. The summed E-state index contributed by atoms with van der Waals surface area (Å²) in [6, 6.07) is 48.6. The third-order valence-corrected chi connectivity index (χ3v) is 16.6. The van der Waals surface area contributed by atoms with Gasteiger partial charge in [0, 0.05) is 39.7 Å². The average Bonchev–Trinajstić information content (AvgIpc) is 3.77. The van der Waals surface area contributed by atoms with Crippen molar-refractivity contribution in [3.63, 3.8) is 0 Å². The van der Waals surface area contributed by atoms with Crippen molar-refractivity contribution >= 4 is 44.5 Å². The van der Waals surface area contributed by atoms with Crippen molar-refractivity contribution < 1.29 is 0 Å². The fourth-order valence-electron chi connectivity index (χ4n) is 13.9. The van der Waals surface area contributed by atoms with E-state index in [0.717, 1.165) is 54.0 Å². The number of fused-ring (bicyclic) bond motifs is 6. The van der Waals surface area contributed by atoms with Crippen LogP contribution in [0.4, 0.5) is 11.4 Å². The van der Waals surface area contributed by atoms with Gasteiger partial charge < -0.3 is 4.90 Å². The first-order valence-corrected chi connectivity index (χ1v) is 23.8. The Bertz CT molecular complexity index is 2990. The Hall–Kier alpha value is -6.19. The van der Waals surface area contributed by atoms with E-state index in [1.807, 2.05) is 12.3 Å². The molecule has 0 spiro atoms. The molecular formula is C60H55N3. The molecule has 0 radical (unpaired) electrons. The van der Waals surface area contributed by atoms with Gasteiger partial charge in [0.15, 0.2) is 0 Å². The largest absolute Gasteiger partial charge is 0.314 e. The molecule has 0 saturated heterocycles. The number of anilines is 2. The number of benzene rings is 5. The first-order valence-electron chi connectivity index (χ1n) is 23.8. The Morgan fingerprint density at radius 1 is 0.651 bits per heavy atom. The molecular weight excluding hydrogens is 763 g/mol. The zero-order valence-electron chi connectivity index (χ0n) is 36.6. The maximum absolute atomic E-state index is 4.87. The first kappa shape index (κ1) is 37.4. The molecule has 3 heteroatoms. The number of nitrogens with zero attached hydrogens (tertiary/aromatic N) is 3. The van der Waals surface area contributed by atoms with Crippen LogP contribution in [0.5, 0.6) is 0 Å². The van der Waals surface area contributed by atoms with E-state index in [1.54, 1.807) is 5.56 Å². The summed E-state index contributed by atoms with van der Waals surface area (Å²) in [6.07, 6.45) is 25.4. The molecule has 2 heterocycles. The number of allylic oxidation sites excluding steroid dienone is 8. The number of pyridine rings is 1. The van der Waals surface area contributed by atoms with Crippen LogP contribution in [-0.4, -0.2) is 9.55 Å². The monoisotopic (exact) mass is 817 g/mol. The van der Waals surface area contributed by atoms with Crippen molar-refractivity contribution in [3.8, 4) is 16.8 Å². The molecule has 0 amide bonds. The van der Waals surface area contributed by atoms with E-state index >= 15 is 0 Å². The molecule has 2 aromatic heterocycles. The molecule has 1 unspecified atom stereocenters. The molecule has 14 rings (SSSR count). The van der Waals surface area contributed by atoms with Gasteiger partial charge in [-0.05, 0) is 204 Å². The predicted molar refractivity (Wildman–Crippen MR) is 262 cm³/mol. The van der Waals surface area contributed by atoms with Crippen molar-refractivity contribution in [1.29, 1.82) is 0 Å². The predicted octanol–water partition coefficient (Wildman–Crippen LogP) is 15.5. The van der Waals surface area contributed by atoms with Crippen LogP contribution in [0.15, 0.2) is 170 Å². The third kappa shape index (κ3) is 5.95. The molecule has 0 N–H and O–H groups in total. The van der Waals surface area contributed by atoms with Gasteiger partial charge in [0.05, 0.1) is 5.52 Å². The zero-order chi connectivity index (χ0) is 41.9. The molecule has 4 bridgehead atoms. The van der Waals surface area contributed by atoms with Gasteiger partial charge in [-0.25, -0.2) is 4.98 Å². The second kappa shape index (κ2) is 14.2. The van der Waals surface area contributed by atoms with Gasteiger partial charge in [0.2, 0.25) is 0 Å². The summed E-state index contributed by atoms with van der Waals surface area (Å²) in [5, 5.41) is 2.40. The summed E-state index contributed by atoms with van der Waals surface area (Å²) in [4.78, 5) is 7.38. The van der Waals surface area contributed by atoms with Crippen LogP contribution in [0.2, 0.25) is 0 Å². The smallest absolute Gasteiger partial charge is 0.145 e. The maximum atomic E-state index is 4.87. The van der Waals surface area contributed by atoms with Crippen molar-refractivity contribution in [2.24, 2.45) is 23.7 Å². The summed E-state index contributed by atoms with van der Waals surface area (Å²) in [7, 11) is 0. The van der Waals surface area contributed by atoms with Gasteiger partial charge in [-0.2, -0.15) is 0 Å². The van der Waals surface area contributed by atoms with E-state index in [2.05, 4.69) is 175 Å². The lowest BCUT2D eigenvalue weighted by molar-refractivity contribution is -0.00518. The Morgan fingerprint density at radius 2 is 1.33 bits per heavy atom. The molecule has 3 nitrogen and oxygen atoms in total. The molecule has 5 aromatic carbocycles. The van der Waals surface area contributed by atoms with Gasteiger partial charge in [-0.3, -0.25) is 4.57 Å². The highest BCUT2D eigenvalue weighted by Gasteiger charge is 2.51. The van der Waals surface area contributed by atoms with Gasteiger partial charge in [0.1, 0.15) is 5.65 Å². The molecule has 7 aromatic rings. The second-order valence-corrected chi connectivity index (χ2v) is 20.6. The minimum absolute atomic E-state index is 0.0281. The highest BCUT2D eigenvalue weighted by molar-refractivity contribution is 6.07. The molecule has 7 aliphatic carbocycles. The SMILES string of the molecule is CC1(C)c2cc(-c3ccc(C45CC6CC(CC(C6)C4)C5)cc3)ccc2C2=CC=C(N(c3ccc(C4=CC=CCC4)cc3)c3ccc(-n4c5ccccc5c5cccnc54)cc3)CC21. The van der Waals surface area contributed by atoms with Gasteiger partial charge in [-0.1, -0.05) is 105 Å². The van der Waals surface area contributed by atoms with Crippen LogP contribution in [0.3, 0.4) is 0 Å². The average molecular weight is 818 g/mol. The van der Waals surface area contributed by atoms with Gasteiger partial charge in [0.25, 0.3) is 0 Å². The van der Waals surface area contributed by atoms with E-state index < -0.39 is 0 Å². The van der Waals surface area contributed by atoms with Crippen LogP contribution >= 0.6 is 0 Å². The van der Waals surface area contributed by atoms with Crippen LogP contribution in [0, 0.1) is 23.7 Å². The third-order valence-electron chi connectivity index (χ3n) is 16.6. The lowest BCUT2D eigenvalue weighted by atomic mass is 9.48. The summed E-state index contributed by atoms with van der Waals surface area (Å²) in [5.41, 5.74) is 18.7. The Kier molecular flexibility index (Phi) is 8.40. The van der Waals surface area contributed by atoms with Crippen LogP contribution in [-0.2, 0) is 10.8 Å². The number of hydrogen-bond acceptors (Lipinski definition) is 2. The highest BCUT2D eigenvalue weighted by atomic mass is 15.2. The quantitative estimate of drug-likeness (QED) is 0.160. The number of hydrogen-bond donors (Lipinski definition) is 0. The van der Waals surface area contributed by atoms with Crippen molar-refractivity contribution in [2.75, 3.05) is 4.90 Å². The standard InChI is InChI=1S/C60H55N3/c1-59(2)55-34-45(44-14-19-46(20-15-44)60-36-39-31-40(37-60)33-41(32-39)38-60)18-28-51(55)52-29-27-50(35-56(52)59)62(47-21-16-43(17-22-47)42-9-4-3-5-10-42)48-23-25-49(26-24-48)63-57-13-7-6-11-53(57)54-12-8-30-61-58(54)63/h3-4,6-9,11-30,34,39-41,56H,5,10,31-33,35-38H2,1-2H3. The van der Waals surface area contributed by atoms with Crippen molar-refractivity contribution in [3.05, 3.63) is 192 Å². The Labute approximate surface area is 372 Å². The zero-order valence-corrected chi connectivity index (χ0v) is 36.6. The molecule has 310 valence electrons. The molecule has 7 aliphatic rings. The first-order chi connectivity index (χ1) is 30.9. The normalized spacial score (nSPS) is 25.1. The topological polar surface area (TPSA) is 21.1 Å². The molecule has 1 atom stereocenters. The number of para-hydroxylation sites is 1. The van der Waals surface area contributed by atoms with Crippen molar-refractivity contribution in [2.45, 2.75) is 82.5 Å². The highest BCUT2D eigenvalue weighted by Crippen LogP contribution is 2.61. The fourth-order valence-corrected chi connectivity index (χ4v) is 13.9. The fraction of sp³-hybridized carbons (Fsp3) is 0.283. The van der Waals surface area contributed by atoms with E-state index in [1.165, 1.54) is 105 Å². The van der Waals surface area contributed by atoms with Crippen molar-refractivity contribution in [1.82, 2.24) is 9.55 Å². The summed E-state index contributed by atoms with van der Waals surface area (Å²) < 4.78 is 2.30.